The third-order valence-electron chi connectivity index (χ3n) is 2.50. The van der Waals surface area contributed by atoms with Crippen molar-refractivity contribution in [3.63, 3.8) is 0 Å². The zero-order chi connectivity index (χ0) is 14.7. The van der Waals surface area contributed by atoms with Gasteiger partial charge in [-0.25, -0.2) is 9.59 Å². The molecule has 0 atom stereocenters. The van der Waals surface area contributed by atoms with Crippen molar-refractivity contribution in [2.45, 2.75) is 0 Å². The van der Waals surface area contributed by atoms with Crippen LogP contribution < -0.4 is 4.74 Å². The van der Waals surface area contributed by atoms with E-state index >= 15 is 0 Å². The molecule has 118 valence electrons. The first-order valence-corrected chi connectivity index (χ1v) is 6.31. The summed E-state index contributed by atoms with van der Waals surface area (Å²) >= 11 is 3.27. The zero-order valence-electron chi connectivity index (χ0n) is 10.9. The Balaban J connectivity index is 0.00000220. The zero-order valence-corrected chi connectivity index (χ0v) is 14.1. The van der Waals surface area contributed by atoms with Crippen molar-refractivity contribution in [3.8, 4) is 11.5 Å². The molecule has 0 heterocycles. The number of halogens is 3. The van der Waals surface area contributed by atoms with Crippen molar-refractivity contribution in [1.29, 1.82) is 0 Å². The van der Waals surface area contributed by atoms with Gasteiger partial charge in [-0.2, -0.15) is 0 Å². The third-order valence-corrected chi connectivity index (χ3v) is 3.03. The summed E-state index contributed by atoms with van der Waals surface area (Å²) in [7, 11) is 0. The second-order valence-electron chi connectivity index (χ2n) is 3.88. The minimum atomic E-state index is -1.19. The Hall–Kier alpha value is -1.76. The average Bonchev–Trinajstić information content (AvgIpc) is 2.41. The number of carboxylic acid groups (broad SMARTS) is 2. The van der Waals surface area contributed by atoms with E-state index in [1.807, 2.05) is 0 Å². The molecule has 0 aliphatic rings. The molecule has 2 aromatic rings. The third kappa shape index (κ3) is 4.91. The molecule has 0 aromatic heterocycles. The van der Waals surface area contributed by atoms with E-state index < -0.39 is 11.9 Å². The number of benzene rings is 2. The first-order valence-electron chi connectivity index (χ1n) is 5.51. The molecule has 2 N–H and O–H groups in total. The summed E-state index contributed by atoms with van der Waals surface area (Å²) in [6.45, 7) is 0. The van der Waals surface area contributed by atoms with Gasteiger partial charge in [-0.15, -0.1) is 24.8 Å². The van der Waals surface area contributed by atoms with Crippen molar-refractivity contribution in [3.05, 3.63) is 58.1 Å². The van der Waals surface area contributed by atoms with E-state index in [-0.39, 0.29) is 41.7 Å². The summed E-state index contributed by atoms with van der Waals surface area (Å²) in [4.78, 5) is 22.0. The van der Waals surface area contributed by atoms with Gasteiger partial charge in [0.2, 0.25) is 0 Å². The molecule has 0 aliphatic carbocycles. The lowest BCUT2D eigenvalue weighted by molar-refractivity contribution is 0.0678. The summed E-state index contributed by atoms with van der Waals surface area (Å²) in [5.41, 5.74) is -0.139. The van der Waals surface area contributed by atoms with E-state index in [0.29, 0.717) is 5.75 Å². The lowest BCUT2D eigenvalue weighted by Gasteiger charge is -2.09. The van der Waals surface area contributed by atoms with Crippen LogP contribution in [0.3, 0.4) is 0 Å². The smallest absolute Gasteiger partial charge is 0.339 e. The highest BCUT2D eigenvalue weighted by atomic mass is 79.9. The highest BCUT2D eigenvalue weighted by Gasteiger charge is 2.15. The number of hydrogen-bond acceptors (Lipinski definition) is 3. The average molecular weight is 410 g/mol. The summed E-state index contributed by atoms with van der Waals surface area (Å²) in [5.74, 6) is -1.94. The number of hydrogen-bond donors (Lipinski definition) is 2. The van der Waals surface area contributed by atoms with Crippen LogP contribution in [0.25, 0.3) is 0 Å². The Morgan fingerprint density at radius 1 is 0.909 bits per heavy atom. The molecule has 2 rings (SSSR count). The number of carboxylic acids is 2. The quantitative estimate of drug-likeness (QED) is 0.777. The fourth-order valence-electron chi connectivity index (χ4n) is 1.55. The maximum atomic E-state index is 11.1. The molecule has 8 heteroatoms. The van der Waals surface area contributed by atoms with Gasteiger partial charge in [-0.3, -0.25) is 0 Å². The Labute approximate surface area is 146 Å². The van der Waals surface area contributed by atoms with E-state index in [4.69, 9.17) is 14.9 Å². The van der Waals surface area contributed by atoms with Crippen LogP contribution in [0.1, 0.15) is 20.7 Å². The number of rotatable bonds is 4. The van der Waals surface area contributed by atoms with Crippen LogP contribution >= 0.6 is 40.7 Å². The normalized spacial score (nSPS) is 9.14. The van der Waals surface area contributed by atoms with Gasteiger partial charge in [0.25, 0.3) is 0 Å². The number of aromatic carboxylic acids is 2. The van der Waals surface area contributed by atoms with Crippen molar-refractivity contribution in [2.24, 2.45) is 0 Å². The lowest BCUT2D eigenvalue weighted by atomic mass is 10.1. The second-order valence-corrected chi connectivity index (χ2v) is 4.79. The van der Waals surface area contributed by atoms with Gasteiger partial charge in [0.15, 0.2) is 0 Å². The predicted octanol–water partition coefficient (Wildman–Crippen LogP) is 4.48. The minimum Gasteiger partial charge on any atom is -0.478 e. The van der Waals surface area contributed by atoms with Gasteiger partial charge < -0.3 is 14.9 Å². The van der Waals surface area contributed by atoms with Crippen LogP contribution in [0.4, 0.5) is 0 Å². The summed E-state index contributed by atoms with van der Waals surface area (Å²) < 4.78 is 6.30. The van der Waals surface area contributed by atoms with Crippen molar-refractivity contribution in [1.82, 2.24) is 0 Å². The molecule has 0 radical (unpaired) electrons. The SMILES string of the molecule is Cl.Cl.O=C(O)c1ccc(C(=O)O)c(Oc2ccc(Br)cc2)c1. The number of carbonyl (C=O) groups is 2. The Morgan fingerprint density at radius 3 is 2.00 bits per heavy atom. The fraction of sp³-hybridized carbons (Fsp3) is 0. The maximum absolute atomic E-state index is 11.1. The van der Waals surface area contributed by atoms with Gasteiger partial charge in [0.1, 0.15) is 17.1 Å². The molecular formula is C14H11BrCl2O5. The monoisotopic (exact) mass is 408 g/mol. The highest BCUT2D eigenvalue weighted by molar-refractivity contribution is 9.10. The van der Waals surface area contributed by atoms with Crippen LogP contribution in [0.15, 0.2) is 46.9 Å². The molecule has 5 nitrogen and oxygen atoms in total. The van der Waals surface area contributed by atoms with Gasteiger partial charge in [-0.05, 0) is 42.5 Å². The van der Waals surface area contributed by atoms with Gasteiger partial charge in [0, 0.05) is 4.47 Å². The molecule has 0 amide bonds. The van der Waals surface area contributed by atoms with E-state index in [1.54, 1.807) is 24.3 Å². The van der Waals surface area contributed by atoms with E-state index in [1.165, 1.54) is 18.2 Å². The summed E-state index contributed by atoms with van der Waals surface area (Å²) in [5, 5.41) is 18.0. The van der Waals surface area contributed by atoms with Crippen molar-refractivity contribution < 1.29 is 24.5 Å². The highest BCUT2D eigenvalue weighted by Crippen LogP contribution is 2.27. The molecule has 0 fully saturated rings. The Morgan fingerprint density at radius 2 is 1.50 bits per heavy atom. The molecule has 2 aromatic carbocycles. The predicted molar refractivity (Wildman–Crippen MR) is 89.1 cm³/mol. The molecular weight excluding hydrogens is 399 g/mol. The molecule has 0 spiro atoms. The first-order chi connectivity index (χ1) is 9.47. The Bertz CT molecular complexity index is 673. The molecule has 0 aliphatic heterocycles. The van der Waals surface area contributed by atoms with Crippen LogP contribution in [-0.2, 0) is 0 Å². The van der Waals surface area contributed by atoms with Gasteiger partial charge in [-0.1, -0.05) is 15.9 Å². The van der Waals surface area contributed by atoms with Gasteiger partial charge >= 0.3 is 11.9 Å². The molecule has 0 unspecified atom stereocenters. The topological polar surface area (TPSA) is 83.8 Å². The van der Waals surface area contributed by atoms with Crippen LogP contribution in [0, 0.1) is 0 Å². The van der Waals surface area contributed by atoms with E-state index in [9.17, 15) is 9.59 Å². The van der Waals surface area contributed by atoms with Crippen LogP contribution in [0.2, 0.25) is 0 Å². The number of ether oxygens (including phenoxy) is 1. The standard InChI is InChI=1S/C14H9BrO5.2ClH/c15-9-2-4-10(5-3-9)20-12-7-8(13(16)17)1-6-11(12)14(18)19;;/h1-7H,(H,16,17)(H,18,19);2*1H. The van der Waals surface area contributed by atoms with E-state index in [0.717, 1.165) is 4.47 Å². The maximum Gasteiger partial charge on any atom is 0.339 e. The Kier molecular flexibility index (Phi) is 7.94. The molecule has 22 heavy (non-hydrogen) atoms. The van der Waals surface area contributed by atoms with Gasteiger partial charge in [0.05, 0.1) is 5.56 Å². The fourth-order valence-corrected chi connectivity index (χ4v) is 1.81. The largest absolute Gasteiger partial charge is 0.478 e. The summed E-state index contributed by atoms with van der Waals surface area (Å²) in [6, 6.07) is 10.4. The molecule has 0 bridgehead atoms. The first kappa shape index (κ1) is 20.2. The second kappa shape index (κ2) is 8.63. The van der Waals surface area contributed by atoms with Crippen LogP contribution in [-0.4, -0.2) is 22.2 Å². The summed E-state index contributed by atoms with van der Waals surface area (Å²) in [6.07, 6.45) is 0. The van der Waals surface area contributed by atoms with Crippen molar-refractivity contribution >= 4 is 52.7 Å². The van der Waals surface area contributed by atoms with E-state index in [2.05, 4.69) is 15.9 Å². The minimum absolute atomic E-state index is 0. The van der Waals surface area contributed by atoms with Crippen LogP contribution in [0.5, 0.6) is 11.5 Å². The molecule has 0 saturated carbocycles. The van der Waals surface area contributed by atoms with Crippen molar-refractivity contribution in [2.75, 3.05) is 0 Å². The lowest BCUT2D eigenvalue weighted by Crippen LogP contribution is -2.03. The molecule has 0 saturated heterocycles.